The summed E-state index contributed by atoms with van der Waals surface area (Å²) in [4.78, 5) is 11.5. The van der Waals surface area contributed by atoms with Crippen LogP contribution in [0.15, 0.2) is 29.4 Å². The van der Waals surface area contributed by atoms with Gasteiger partial charge < -0.3 is 0 Å². The van der Waals surface area contributed by atoms with Crippen molar-refractivity contribution >= 4 is 11.6 Å². The molecule has 4 heteroatoms. The van der Waals surface area contributed by atoms with E-state index in [0.717, 1.165) is 5.71 Å². The average Bonchev–Trinajstić information content (AvgIpc) is 2.25. The number of rotatable bonds is 3. The van der Waals surface area contributed by atoms with Crippen LogP contribution in [0.1, 0.15) is 31.1 Å². The quantitative estimate of drug-likeness (QED) is 0.619. The monoisotopic (exact) mass is 222 g/mol. The van der Waals surface area contributed by atoms with Crippen molar-refractivity contribution in [2.24, 2.45) is 11.0 Å². The largest absolute Gasteiger partial charge is 0.274 e. The summed E-state index contributed by atoms with van der Waals surface area (Å²) in [6.07, 6.45) is 0. The molecule has 1 aromatic rings. The maximum Gasteiger partial charge on any atom is 0.274 e. The summed E-state index contributed by atoms with van der Waals surface area (Å²) in [6.45, 7) is 5.74. The number of benzene rings is 1. The van der Waals surface area contributed by atoms with Crippen molar-refractivity contribution < 1.29 is 9.18 Å². The molecular weight excluding hydrogens is 207 g/mol. The maximum absolute atomic E-state index is 13.2. The van der Waals surface area contributed by atoms with E-state index in [4.69, 9.17) is 0 Å². The first-order chi connectivity index (χ1) is 7.52. The second-order valence-electron chi connectivity index (χ2n) is 3.83. The highest BCUT2D eigenvalue weighted by Crippen LogP contribution is 2.05. The van der Waals surface area contributed by atoms with Crippen LogP contribution in [0.5, 0.6) is 0 Å². The van der Waals surface area contributed by atoms with Gasteiger partial charge in [0, 0.05) is 5.71 Å². The van der Waals surface area contributed by atoms with Crippen LogP contribution in [0.2, 0.25) is 0 Å². The van der Waals surface area contributed by atoms with Crippen LogP contribution >= 0.6 is 0 Å². The molecule has 0 aliphatic heterocycles. The Bertz CT molecular complexity index is 413. The number of hydrogen-bond donors (Lipinski definition) is 1. The fourth-order valence-electron chi connectivity index (χ4n) is 0.974. The zero-order chi connectivity index (χ0) is 12.1. The van der Waals surface area contributed by atoms with Crippen molar-refractivity contribution in [2.45, 2.75) is 20.8 Å². The van der Waals surface area contributed by atoms with Crippen molar-refractivity contribution in [3.8, 4) is 0 Å². The average molecular weight is 222 g/mol. The van der Waals surface area contributed by atoms with Gasteiger partial charge in [-0.15, -0.1) is 0 Å². The lowest BCUT2D eigenvalue weighted by atomic mass is 10.1. The molecule has 0 saturated heterocycles. The van der Waals surface area contributed by atoms with Gasteiger partial charge in [-0.3, -0.25) is 4.79 Å². The van der Waals surface area contributed by atoms with Crippen molar-refractivity contribution in [1.82, 2.24) is 5.43 Å². The number of nitrogens with one attached hydrogen (secondary N) is 1. The highest BCUT2D eigenvalue weighted by molar-refractivity contribution is 5.95. The van der Waals surface area contributed by atoms with Crippen LogP contribution in [0, 0.1) is 11.7 Å². The third-order valence-corrected chi connectivity index (χ3v) is 2.29. The lowest BCUT2D eigenvalue weighted by Crippen LogP contribution is -2.21. The predicted molar refractivity (Wildman–Crippen MR) is 61.8 cm³/mol. The number of halogens is 1. The first kappa shape index (κ1) is 12.4. The highest BCUT2D eigenvalue weighted by Gasteiger charge is 2.09. The summed E-state index contributed by atoms with van der Waals surface area (Å²) in [7, 11) is 0. The van der Waals surface area contributed by atoms with Crippen molar-refractivity contribution in [3.63, 3.8) is 0 Å². The molecule has 0 radical (unpaired) electrons. The second kappa shape index (κ2) is 5.39. The Morgan fingerprint density at radius 3 is 2.56 bits per heavy atom. The van der Waals surface area contributed by atoms with Crippen LogP contribution < -0.4 is 5.43 Å². The zero-order valence-electron chi connectivity index (χ0n) is 9.62. The zero-order valence-corrected chi connectivity index (χ0v) is 9.62. The van der Waals surface area contributed by atoms with Gasteiger partial charge in [-0.05, 0) is 25.0 Å². The Morgan fingerprint density at radius 1 is 1.38 bits per heavy atom. The van der Waals surface area contributed by atoms with E-state index < -0.39 is 11.7 Å². The van der Waals surface area contributed by atoms with Crippen LogP contribution in [0.4, 0.5) is 4.39 Å². The smallest absolute Gasteiger partial charge is 0.267 e. The number of hydrogen-bond acceptors (Lipinski definition) is 2. The van der Waals surface area contributed by atoms with Crippen molar-refractivity contribution in [1.29, 1.82) is 0 Å². The molecule has 16 heavy (non-hydrogen) atoms. The van der Waals surface area contributed by atoms with Gasteiger partial charge in [0.15, 0.2) is 0 Å². The molecule has 1 amide bonds. The SMILES string of the molecule is C/C(=N\NC(=O)c1ccccc1F)C(C)C. The minimum Gasteiger partial charge on any atom is -0.267 e. The lowest BCUT2D eigenvalue weighted by Gasteiger charge is -2.05. The van der Waals surface area contributed by atoms with E-state index in [2.05, 4.69) is 10.5 Å². The molecule has 0 unspecified atom stereocenters. The molecule has 3 nitrogen and oxygen atoms in total. The van der Waals surface area contributed by atoms with E-state index in [-0.39, 0.29) is 11.5 Å². The summed E-state index contributed by atoms with van der Waals surface area (Å²) in [5.41, 5.74) is 3.13. The Labute approximate surface area is 94.4 Å². The van der Waals surface area contributed by atoms with E-state index in [1.807, 2.05) is 20.8 Å². The summed E-state index contributed by atoms with van der Waals surface area (Å²) in [5.74, 6) is -0.823. The Hall–Kier alpha value is -1.71. The number of hydrazone groups is 1. The number of carbonyl (C=O) groups excluding carboxylic acids is 1. The van der Waals surface area contributed by atoms with Gasteiger partial charge in [-0.2, -0.15) is 5.10 Å². The molecule has 1 aromatic carbocycles. The molecular formula is C12H15FN2O. The van der Waals surface area contributed by atoms with E-state index in [1.165, 1.54) is 18.2 Å². The second-order valence-corrected chi connectivity index (χ2v) is 3.83. The molecule has 0 bridgehead atoms. The topological polar surface area (TPSA) is 41.5 Å². The number of carbonyl (C=O) groups is 1. The van der Waals surface area contributed by atoms with E-state index in [0.29, 0.717) is 0 Å². The van der Waals surface area contributed by atoms with Crippen molar-refractivity contribution in [3.05, 3.63) is 35.6 Å². The van der Waals surface area contributed by atoms with Crippen LogP contribution in [0.3, 0.4) is 0 Å². The van der Waals surface area contributed by atoms with Gasteiger partial charge in [0.05, 0.1) is 5.56 Å². The molecule has 0 heterocycles. The minimum atomic E-state index is -0.544. The fraction of sp³-hybridized carbons (Fsp3) is 0.333. The first-order valence-corrected chi connectivity index (χ1v) is 5.11. The van der Waals surface area contributed by atoms with Crippen molar-refractivity contribution in [2.75, 3.05) is 0 Å². The van der Waals surface area contributed by atoms with Crippen LogP contribution in [0.25, 0.3) is 0 Å². The lowest BCUT2D eigenvalue weighted by molar-refractivity contribution is 0.0950. The standard InChI is InChI=1S/C12H15FN2O/c1-8(2)9(3)14-15-12(16)10-6-4-5-7-11(10)13/h4-8H,1-3H3,(H,15,16)/b14-9+. The molecule has 86 valence electrons. The molecule has 0 aromatic heterocycles. The van der Waals surface area contributed by atoms with Gasteiger partial charge in [0.1, 0.15) is 5.82 Å². The molecule has 1 N–H and O–H groups in total. The first-order valence-electron chi connectivity index (χ1n) is 5.11. The van der Waals surface area contributed by atoms with E-state index in [9.17, 15) is 9.18 Å². The van der Waals surface area contributed by atoms with Gasteiger partial charge >= 0.3 is 0 Å². The number of nitrogens with zero attached hydrogens (tertiary/aromatic N) is 1. The fourth-order valence-corrected chi connectivity index (χ4v) is 0.974. The van der Waals surface area contributed by atoms with Crippen LogP contribution in [-0.2, 0) is 0 Å². The maximum atomic E-state index is 13.2. The minimum absolute atomic E-state index is 0.00260. The summed E-state index contributed by atoms with van der Waals surface area (Å²) in [6, 6.07) is 5.81. The molecule has 0 aliphatic rings. The summed E-state index contributed by atoms with van der Waals surface area (Å²) >= 11 is 0. The number of amides is 1. The van der Waals surface area contributed by atoms with E-state index >= 15 is 0 Å². The molecule has 0 fully saturated rings. The third kappa shape index (κ3) is 3.15. The van der Waals surface area contributed by atoms with Gasteiger partial charge in [0.2, 0.25) is 0 Å². The van der Waals surface area contributed by atoms with Crippen LogP contribution in [-0.4, -0.2) is 11.6 Å². The Morgan fingerprint density at radius 2 is 2.00 bits per heavy atom. The molecule has 0 aliphatic carbocycles. The van der Waals surface area contributed by atoms with E-state index in [1.54, 1.807) is 6.07 Å². The van der Waals surface area contributed by atoms with Gasteiger partial charge in [-0.1, -0.05) is 26.0 Å². The Balaban J connectivity index is 2.74. The summed E-state index contributed by atoms with van der Waals surface area (Å²) < 4.78 is 13.2. The van der Waals surface area contributed by atoms with Gasteiger partial charge in [0.25, 0.3) is 5.91 Å². The molecule has 0 spiro atoms. The molecule has 1 rings (SSSR count). The normalized spacial score (nSPS) is 11.7. The third-order valence-electron chi connectivity index (χ3n) is 2.29. The predicted octanol–water partition coefficient (Wildman–Crippen LogP) is 2.59. The highest BCUT2D eigenvalue weighted by atomic mass is 19.1. The Kier molecular flexibility index (Phi) is 4.17. The summed E-state index contributed by atoms with van der Waals surface area (Å²) in [5, 5.41) is 3.89. The molecule has 0 saturated carbocycles. The van der Waals surface area contributed by atoms with Gasteiger partial charge in [-0.25, -0.2) is 9.82 Å². The molecule has 0 atom stereocenters.